The summed E-state index contributed by atoms with van der Waals surface area (Å²) in [5, 5.41) is 0. The third kappa shape index (κ3) is 1.99. The van der Waals surface area contributed by atoms with Gasteiger partial charge >= 0.3 is 0 Å². The Hall–Kier alpha value is -2.55. The van der Waals surface area contributed by atoms with Gasteiger partial charge in [-0.25, -0.2) is 0 Å². The molecule has 0 bridgehead atoms. The minimum Gasteiger partial charge on any atom is -0.397 e. The largest absolute Gasteiger partial charge is 0.397 e. The Labute approximate surface area is 112 Å². The van der Waals surface area contributed by atoms with Crippen LogP contribution in [0.15, 0.2) is 60.9 Å². The molecule has 0 unspecified atom stereocenters. The van der Waals surface area contributed by atoms with E-state index < -0.39 is 0 Å². The monoisotopic (exact) mass is 249 g/mol. The fourth-order valence-electron chi connectivity index (χ4n) is 2.30. The summed E-state index contributed by atoms with van der Waals surface area (Å²) in [6, 6.07) is 16.1. The van der Waals surface area contributed by atoms with Gasteiger partial charge in [0.15, 0.2) is 0 Å². The molecule has 0 radical (unpaired) electrons. The predicted octanol–water partition coefficient (Wildman–Crippen LogP) is 3.43. The Kier molecular flexibility index (Phi) is 2.80. The Morgan fingerprint density at radius 2 is 1.68 bits per heavy atom. The Morgan fingerprint density at radius 1 is 0.947 bits per heavy atom. The zero-order valence-corrected chi connectivity index (χ0v) is 10.7. The fourth-order valence-corrected chi connectivity index (χ4v) is 2.30. The van der Waals surface area contributed by atoms with Crippen molar-refractivity contribution in [2.45, 2.75) is 6.92 Å². The van der Waals surface area contributed by atoms with Crippen molar-refractivity contribution in [1.29, 1.82) is 0 Å². The summed E-state index contributed by atoms with van der Waals surface area (Å²) in [4.78, 5) is 4.06. The molecule has 2 aromatic heterocycles. The lowest BCUT2D eigenvalue weighted by Gasteiger charge is -2.14. The van der Waals surface area contributed by atoms with Crippen LogP contribution in [0, 0.1) is 6.92 Å². The Morgan fingerprint density at radius 3 is 2.42 bits per heavy atom. The second-order valence-electron chi connectivity index (χ2n) is 4.49. The van der Waals surface area contributed by atoms with Crippen molar-refractivity contribution in [3.05, 3.63) is 66.6 Å². The summed E-state index contributed by atoms with van der Waals surface area (Å²) < 4.78 is 2.17. The average Bonchev–Trinajstić information content (AvgIpc) is 2.82. The lowest BCUT2D eigenvalue weighted by atomic mass is 10.2. The van der Waals surface area contributed by atoms with Gasteiger partial charge in [0, 0.05) is 23.7 Å². The lowest BCUT2D eigenvalue weighted by molar-refractivity contribution is 1.02. The number of benzene rings is 1. The van der Waals surface area contributed by atoms with Crippen molar-refractivity contribution in [1.82, 2.24) is 9.55 Å². The average molecular weight is 249 g/mol. The summed E-state index contributed by atoms with van der Waals surface area (Å²) in [6.07, 6.45) is 3.60. The van der Waals surface area contributed by atoms with E-state index in [0.717, 1.165) is 28.3 Å². The third-order valence-corrected chi connectivity index (χ3v) is 3.23. The molecule has 19 heavy (non-hydrogen) atoms. The summed E-state index contributed by atoms with van der Waals surface area (Å²) in [6.45, 7) is 2.08. The molecule has 2 heterocycles. The Balaban J connectivity index is 2.23. The first-order valence-corrected chi connectivity index (χ1v) is 6.21. The maximum Gasteiger partial charge on any atom is 0.0688 e. The van der Waals surface area contributed by atoms with E-state index in [9.17, 15) is 0 Å². The van der Waals surface area contributed by atoms with Crippen LogP contribution in [0.4, 0.5) is 5.69 Å². The summed E-state index contributed by atoms with van der Waals surface area (Å²) >= 11 is 0. The van der Waals surface area contributed by atoms with Gasteiger partial charge < -0.3 is 10.3 Å². The van der Waals surface area contributed by atoms with Crippen LogP contribution in [0.2, 0.25) is 0 Å². The molecule has 3 aromatic rings. The van der Waals surface area contributed by atoms with Crippen LogP contribution in [0.25, 0.3) is 16.9 Å². The zero-order chi connectivity index (χ0) is 13.2. The van der Waals surface area contributed by atoms with Crippen molar-refractivity contribution in [2.75, 3.05) is 5.73 Å². The first-order valence-electron chi connectivity index (χ1n) is 6.21. The lowest BCUT2D eigenvalue weighted by Crippen LogP contribution is -2.02. The van der Waals surface area contributed by atoms with E-state index in [0.29, 0.717) is 0 Å². The van der Waals surface area contributed by atoms with E-state index in [1.165, 1.54) is 0 Å². The van der Waals surface area contributed by atoms with Crippen molar-refractivity contribution in [3.8, 4) is 16.9 Å². The predicted molar refractivity (Wildman–Crippen MR) is 78.1 cm³/mol. The molecule has 0 saturated heterocycles. The molecular formula is C16H15N3. The van der Waals surface area contributed by atoms with Gasteiger partial charge in [-0.3, -0.25) is 4.98 Å². The first-order chi connectivity index (χ1) is 9.27. The van der Waals surface area contributed by atoms with E-state index in [1.54, 1.807) is 12.4 Å². The fraction of sp³-hybridized carbons (Fsp3) is 0.0625. The van der Waals surface area contributed by atoms with Gasteiger partial charge in [-0.2, -0.15) is 0 Å². The number of aryl methyl sites for hydroxylation is 1. The highest BCUT2D eigenvalue weighted by atomic mass is 15.0. The second-order valence-corrected chi connectivity index (χ2v) is 4.49. The molecule has 0 aliphatic heterocycles. The molecule has 3 heteroatoms. The number of nitrogens with zero attached hydrogens (tertiary/aromatic N) is 2. The minimum atomic E-state index is 0.775. The molecule has 1 aromatic carbocycles. The molecule has 0 fully saturated rings. The van der Waals surface area contributed by atoms with Crippen LogP contribution in [-0.2, 0) is 0 Å². The molecule has 2 N–H and O–H groups in total. The molecule has 0 atom stereocenters. The van der Waals surface area contributed by atoms with Gasteiger partial charge in [-0.15, -0.1) is 0 Å². The van der Waals surface area contributed by atoms with Crippen LogP contribution in [0.3, 0.4) is 0 Å². The molecule has 0 spiro atoms. The number of hydrogen-bond acceptors (Lipinski definition) is 2. The molecule has 3 rings (SSSR count). The number of hydrogen-bond donors (Lipinski definition) is 1. The van der Waals surface area contributed by atoms with Crippen LogP contribution in [-0.4, -0.2) is 9.55 Å². The van der Waals surface area contributed by atoms with Gasteiger partial charge in [0.1, 0.15) is 0 Å². The number of para-hydroxylation sites is 2. The van der Waals surface area contributed by atoms with E-state index in [-0.39, 0.29) is 0 Å². The first kappa shape index (κ1) is 11.5. The summed E-state index contributed by atoms with van der Waals surface area (Å²) in [5.74, 6) is 0. The van der Waals surface area contributed by atoms with Crippen molar-refractivity contribution >= 4 is 5.69 Å². The summed E-state index contributed by atoms with van der Waals surface area (Å²) in [7, 11) is 0. The van der Waals surface area contributed by atoms with Gasteiger partial charge in [0.05, 0.1) is 17.1 Å². The third-order valence-electron chi connectivity index (χ3n) is 3.23. The van der Waals surface area contributed by atoms with Crippen LogP contribution in [0.1, 0.15) is 5.69 Å². The van der Waals surface area contributed by atoms with Gasteiger partial charge in [-0.05, 0) is 43.3 Å². The van der Waals surface area contributed by atoms with Crippen molar-refractivity contribution < 1.29 is 0 Å². The number of aromatic nitrogens is 2. The van der Waals surface area contributed by atoms with Crippen LogP contribution >= 0.6 is 0 Å². The maximum absolute atomic E-state index is 6.09. The number of anilines is 1. The van der Waals surface area contributed by atoms with E-state index >= 15 is 0 Å². The van der Waals surface area contributed by atoms with E-state index in [1.807, 2.05) is 36.4 Å². The van der Waals surface area contributed by atoms with Crippen LogP contribution < -0.4 is 5.73 Å². The minimum absolute atomic E-state index is 0.775. The number of nitrogens with two attached hydrogens (primary N) is 1. The van der Waals surface area contributed by atoms with E-state index in [2.05, 4.69) is 28.6 Å². The number of nitrogen functional groups attached to an aromatic ring is 1. The quantitative estimate of drug-likeness (QED) is 0.707. The summed E-state index contributed by atoms with van der Waals surface area (Å²) in [5.41, 5.74) is 11.3. The van der Waals surface area contributed by atoms with Crippen LogP contribution in [0.5, 0.6) is 0 Å². The molecule has 3 nitrogen and oxygen atoms in total. The molecule has 0 saturated carbocycles. The number of pyridine rings is 1. The Bertz CT molecular complexity index is 699. The molecule has 0 aliphatic carbocycles. The molecule has 0 amide bonds. The number of rotatable bonds is 2. The smallest absolute Gasteiger partial charge is 0.0688 e. The molecule has 0 aliphatic rings. The highest BCUT2D eigenvalue weighted by Gasteiger charge is 2.10. The topological polar surface area (TPSA) is 43.8 Å². The maximum atomic E-state index is 6.09. The molecular weight excluding hydrogens is 234 g/mol. The highest BCUT2D eigenvalue weighted by Crippen LogP contribution is 2.28. The second kappa shape index (κ2) is 4.61. The highest BCUT2D eigenvalue weighted by molar-refractivity contribution is 5.68. The van der Waals surface area contributed by atoms with E-state index in [4.69, 9.17) is 5.73 Å². The standard InChI is InChI=1S/C16H15N3/c1-12-6-7-15(13-8-10-18-11-9-13)19(12)16-5-3-2-4-14(16)17/h2-11H,17H2,1H3. The van der Waals surface area contributed by atoms with Crippen molar-refractivity contribution in [3.63, 3.8) is 0 Å². The van der Waals surface area contributed by atoms with Gasteiger partial charge in [-0.1, -0.05) is 12.1 Å². The van der Waals surface area contributed by atoms with Gasteiger partial charge in [0.25, 0.3) is 0 Å². The molecule has 94 valence electrons. The normalized spacial score (nSPS) is 10.6. The van der Waals surface area contributed by atoms with Crippen molar-refractivity contribution in [2.24, 2.45) is 0 Å². The van der Waals surface area contributed by atoms with Gasteiger partial charge in [0.2, 0.25) is 0 Å². The zero-order valence-electron chi connectivity index (χ0n) is 10.7. The SMILES string of the molecule is Cc1ccc(-c2ccncc2)n1-c1ccccc1N.